The minimum absolute atomic E-state index is 0.131. The number of carbonyl (C=O) groups is 1. The van der Waals surface area contributed by atoms with E-state index in [1.807, 2.05) is 0 Å². The van der Waals surface area contributed by atoms with Crippen molar-refractivity contribution in [3.63, 3.8) is 0 Å². The van der Waals surface area contributed by atoms with Crippen LogP contribution in [0.1, 0.15) is 6.42 Å². The van der Waals surface area contributed by atoms with E-state index in [2.05, 4.69) is 9.47 Å². The second-order valence-corrected chi connectivity index (χ2v) is 6.56. The Balaban J connectivity index is 1.88. The van der Waals surface area contributed by atoms with Gasteiger partial charge in [0.25, 0.3) is 0 Å². The van der Waals surface area contributed by atoms with Crippen molar-refractivity contribution in [1.82, 2.24) is 0 Å². The normalized spacial score (nSPS) is 23.7. The molecule has 1 aromatic rings. The third-order valence-electron chi connectivity index (χ3n) is 3.25. The number of hydrogen-bond donors (Lipinski definition) is 1. The van der Waals surface area contributed by atoms with Gasteiger partial charge in [0.15, 0.2) is 11.5 Å². The lowest BCUT2D eigenvalue weighted by Gasteiger charge is -2.16. The molecule has 2 N–H and O–H groups in total. The lowest BCUT2D eigenvalue weighted by atomic mass is 10.2. The molecule has 21 heavy (non-hydrogen) atoms. The summed E-state index contributed by atoms with van der Waals surface area (Å²) in [6.07, 6.45) is -4.00. The van der Waals surface area contributed by atoms with Crippen LogP contribution in [0.15, 0.2) is 18.2 Å². The second kappa shape index (κ2) is 4.28. The largest absolute Gasteiger partial charge is 0.586 e. The zero-order chi connectivity index (χ0) is 15.4. The highest BCUT2D eigenvalue weighted by atomic mass is 32.2. The molecule has 3 rings (SSSR count). The lowest BCUT2D eigenvalue weighted by molar-refractivity contribution is -0.286. The summed E-state index contributed by atoms with van der Waals surface area (Å²) < 4.78 is 56.9. The van der Waals surface area contributed by atoms with Crippen molar-refractivity contribution < 1.29 is 31.5 Å². The molecule has 1 saturated heterocycles. The van der Waals surface area contributed by atoms with Crippen LogP contribution in [0.5, 0.6) is 11.5 Å². The van der Waals surface area contributed by atoms with Crippen molar-refractivity contribution in [3.8, 4) is 11.5 Å². The molecule has 10 heteroatoms. The van der Waals surface area contributed by atoms with Gasteiger partial charge in [-0.2, -0.15) is 0 Å². The molecule has 0 bridgehead atoms. The van der Waals surface area contributed by atoms with Gasteiger partial charge < -0.3 is 14.4 Å². The zero-order valence-electron chi connectivity index (χ0n) is 10.5. The van der Waals surface area contributed by atoms with E-state index < -0.39 is 27.5 Å². The standard InChI is InChI=1S/C11H10F2N2O5S/c12-11(13)19-8-2-1-6(3-9(8)20-11)15-5-7(4-10(15)16)21(14,17)18/h1-3,7H,4-5H2,(H2,14,17,18). The number of fused-ring (bicyclic) bond motifs is 1. The van der Waals surface area contributed by atoms with E-state index in [1.54, 1.807) is 0 Å². The molecule has 1 aromatic carbocycles. The molecule has 0 radical (unpaired) electrons. The van der Waals surface area contributed by atoms with Crippen LogP contribution in [-0.2, 0) is 14.8 Å². The van der Waals surface area contributed by atoms with E-state index >= 15 is 0 Å². The molecular weight excluding hydrogens is 310 g/mol. The molecule has 0 saturated carbocycles. The summed E-state index contributed by atoms with van der Waals surface area (Å²) in [5.41, 5.74) is 0.242. The Kier molecular flexibility index (Phi) is 2.85. The number of benzene rings is 1. The number of nitrogens with two attached hydrogens (primary N) is 1. The predicted octanol–water partition coefficient (Wildman–Crippen LogP) is 0.402. The van der Waals surface area contributed by atoms with E-state index in [-0.39, 0.29) is 30.2 Å². The van der Waals surface area contributed by atoms with Crippen molar-refractivity contribution in [3.05, 3.63) is 18.2 Å². The van der Waals surface area contributed by atoms with Crippen LogP contribution >= 0.6 is 0 Å². The molecule has 1 amide bonds. The van der Waals surface area contributed by atoms with Crippen LogP contribution < -0.4 is 19.5 Å². The number of ether oxygens (including phenoxy) is 2. The van der Waals surface area contributed by atoms with Crippen molar-refractivity contribution in [2.24, 2.45) is 5.14 Å². The fourth-order valence-corrected chi connectivity index (χ4v) is 2.98. The molecule has 7 nitrogen and oxygen atoms in total. The Bertz CT molecular complexity index is 721. The Morgan fingerprint density at radius 2 is 1.95 bits per heavy atom. The van der Waals surface area contributed by atoms with Gasteiger partial charge in [0.05, 0.1) is 0 Å². The summed E-state index contributed by atoms with van der Waals surface area (Å²) >= 11 is 0. The van der Waals surface area contributed by atoms with Crippen LogP contribution in [-0.4, -0.2) is 32.4 Å². The average Bonchev–Trinajstić information content (AvgIpc) is 2.85. The van der Waals surface area contributed by atoms with Gasteiger partial charge in [-0.05, 0) is 12.1 Å². The predicted molar refractivity (Wildman–Crippen MR) is 66.5 cm³/mol. The average molecular weight is 320 g/mol. The first-order valence-electron chi connectivity index (χ1n) is 5.87. The maximum Gasteiger partial charge on any atom is 0.586 e. The summed E-state index contributed by atoms with van der Waals surface area (Å²) in [7, 11) is -3.84. The van der Waals surface area contributed by atoms with Gasteiger partial charge in [0.1, 0.15) is 5.25 Å². The van der Waals surface area contributed by atoms with E-state index in [9.17, 15) is 22.0 Å². The number of sulfonamides is 1. The van der Waals surface area contributed by atoms with Gasteiger partial charge in [-0.3, -0.25) is 4.79 Å². The molecule has 0 aliphatic carbocycles. The van der Waals surface area contributed by atoms with Gasteiger partial charge in [0, 0.05) is 24.7 Å². The molecule has 0 spiro atoms. The summed E-state index contributed by atoms with van der Waals surface area (Å²) in [5.74, 6) is -0.831. The number of anilines is 1. The van der Waals surface area contributed by atoms with E-state index in [0.29, 0.717) is 0 Å². The maximum absolute atomic E-state index is 12.9. The summed E-state index contributed by atoms with van der Waals surface area (Å²) in [4.78, 5) is 13.0. The van der Waals surface area contributed by atoms with Gasteiger partial charge in [-0.15, -0.1) is 8.78 Å². The van der Waals surface area contributed by atoms with Gasteiger partial charge in [-0.25, -0.2) is 13.6 Å². The zero-order valence-corrected chi connectivity index (χ0v) is 11.3. The number of alkyl halides is 2. The topological polar surface area (TPSA) is 98.9 Å². The first-order chi connectivity index (χ1) is 9.66. The highest BCUT2D eigenvalue weighted by Gasteiger charge is 2.44. The molecule has 1 unspecified atom stereocenters. The van der Waals surface area contributed by atoms with E-state index in [1.165, 1.54) is 18.2 Å². The number of halogens is 2. The van der Waals surface area contributed by atoms with Crippen LogP contribution in [0.2, 0.25) is 0 Å². The van der Waals surface area contributed by atoms with Crippen molar-refractivity contribution in [1.29, 1.82) is 0 Å². The number of primary sulfonamides is 1. The molecule has 1 atom stereocenters. The Hall–Kier alpha value is -1.94. The number of carbonyl (C=O) groups excluding carboxylic acids is 1. The first kappa shape index (κ1) is 14.0. The van der Waals surface area contributed by atoms with Gasteiger partial charge in [0.2, 0.25) is 15.9 Å². The summed E-state index contributed by atoms with van der Waals surface area (Å²) in [6.45, 7) is -0.131. The van der Waals surface area contributed by atoms with Gasteiger partial charge >= 0.3 is 6.29 Å². The number of amides is 1. The Labute approximate surface area is 118 Å². The van der Waals surface area contributed by atoms with Crippen molar-refractivity contribution >= 4 is 21.6 Å². The molecule has 2 aliphatic heterocycles. The van der Waals surface area contributed by atoms with Crippen LogP contribution in [0, 0.1) is 0 Å². The fraction of sp³-hybridized carbons (Fsp3) is 0.364. The third-order valence-corrected chi connectivity index (χ3v) is 4.50. The van der Waals surface area contributed by atoms with Crippen molar-refractivity contribution in [2.45, 2.75) is 18.0 Å². The van der Waals surface area contributed by atoms with Gasteiger partial charge in [-0.1, -0.05) is 0 Å². The molecule has 114 valence electrons. The van der Waals surface area contributed by atoms with Crippen LogP contribution in [0.25, 0.3) is 0 Å². The third kappa shape index (κ3) is 2.51. The summed E-state index contributed by atoms with van der Waals surface area (Å²) in [6, 6.07) is 3.79. The SMILES string of the molecule is NS(=O)(=O)C1CC(=O)N(c2ccc3c(c2)OC(F)(F)O3)C1. The molecule has 2 aliphatic rings. The highest BCUT2D eigenvalue weighted by Crippen LogP contribution is 2.43. The summed E-state index contributed by atoms with van der Waals surface area (Å²) in [5, 5.41) is 4.00. The quantitative estimate of drug-likeness (QED) is 0.850. The second-order valence-electron chi connectivity index (χ2n) is 4.72. The molecule has 1 fully saturated rings. The smallest absolute Gasteiger partial charge is 0.395 e. The first-order valence-corrected chi connectivity index (χ1v) is 7.48. The van der Waals surface area contributed by atoms with Crippen LogP contribution in [0.4, 0.5) is 14.5 Å². The Morgan fingerprint density at radius 1 is 1.29 bits per heavy atom. The number of hydrogen-bond acceptors (Lipinski definition) is 5. The molecular formula is C11H10F2N2O5S. The monoisotopic (exact) mass is 320 g/mol. The van der Waals surface area contributed by atoms with E-state index in [0.717, 1.165) is 4.90 Å². The minimum Gasteiger partial charge on any atom is -0.395 e. The maximum atomic E-state index is 12.9. The van der Waals surface area contributed by atoms with E-state index in [4.69, 9.17) is 5.14 Å². The number of nitrogens with zero attached hydrogens (tertiary/aromatic N) is 1. The van der Waals surface area contributed by atoms with Crippen molar-refractivity contribution in [2.75, 3.05) is 11.4 Å². The lowest BCUT2D eigenvalue weighted by Crippen LogP contribution is -2.32. The fourth-order valence-electron chi connectivity index (χ4n) is 2.25. The molecule has 0 aromatic heterocycles. The van der Waals surface area contributed by atoms with Crippen LogP contribution in [0.3, 0.4) is 0 Å². The minimum atomic E-state index is -3.84. The Morgan fingerprint density at radius 3 is 2.57 bits per heavy atom. The molecule has 2 heterocycles. The number of rotatable bonds is 2. The highest BCUT2D eigenvalue weighted by molar-refractivity contribution is 7.89.